The molecule has 2 atom stereocenters. The molecule has 2 unspecified atom stereocenters. The summed E-state index contributed by atoms with van der Waals surface area (Å²) in [5.74, 6) is 1.39. The second-order valence-corrected chi connectivity index (χ2v) is 6.38. The van der Waals surface area contributed by atoms with E-state index in [-0.39, 0.29) is 24.4 Å². The van der Waals surface area contributed by atoms with Gasteiger partial charge in [-0.15, -0.1) is 12.4 Å². The smallest absolute Gasteiger partial charge is 0.251 e. The lowest BCUT2D eigenvalue weighted by Gasteiger charge is -2.13. The number of carbonyl (C=O) groups excluding carboxylic acids is 1. The van der Waals surface area contributed by atoms with Crippen molar-refractivity contribution in [3.63, 3.8) is 0 Å². The van der Waals surface area contributed by atoms with E-state index < -0.39 is 0 Å². The van der Waals surface area contributed by atoms with Crippen LogP contribution >= 0.6 is 12.4 Å². The number of ether oxygens (including phenoxy) is 2. The Labute approximate surface area is 149 Å². The topological polar surface area (TPSA) is 59.6 Å². The standard InChI is InChI=1S/C18H26N2O3.ClH/c21-18(20-9-7-14-6-8-19-12-14)15-3-1-4-16(11-15)23-13-17-5-2-10-22-17;/h1,3-4,11,14,17,19H,2,5-10,12-13H2,(H,20,21);1H. The highest BCUT2D eigenvalue weighted by molar-refractivity contribution is 5.94. The third-order valence-electron chi connectivity index (χ3n) is 4.56. The number of nitrogens with one attached hydrogen (secondary N) is 2. The summed E-state index contributed by atoms with van der Waals surface area (Å²) in [7, 11) is 0. The molecule has 5 nitrogen and oxygen atoms in total. The van der Waals surface area contributed by atoms with Crippen LogP contribution in [-0.2, 0) is 4.74 Å². The Morgan fingerprint density at radius 3 is 3.04 bits per heavy atom. The van der Waals surface area contributed by atoms with Crippen LogP contribution in [-0.4, -0.2) is 44.9 Å². The van der Waals surface area contributed by atoms with E-state index in [1.165, 1.54) is 6.42 Å². The number of benzene rings is 1. The molecule has 3 rings (SSSR count). The summed E-state index contributed by atoms with van der Waals surface area (Å²) in [5, 5.41) is 6.35. The number of hydrogen-bond donors (Lipinski definition) is 2. The van der Waals surface area contributed by atoms with Gasteiger partial charge < -0.3 is 20.1 Å². The first-order valence-electron chi connectivity index (χ1n) is 8.64. The molecule has 2 saturated heterocycles. The van der Waals surface area contributed by atoms with Gasteiger partial charge in [0.15, 0.2) is 0 Å². The Bertz CT molecular complexity index is 515. The Morgan fingerprint density at radius 1 is 1.38 bits per heavy atom. The highest BCUT2D eigenvalue weighted by Crippen LogP contribution is 2.17. The summed E-state index contributed by atoms with van der Waals surface area (Å²) in [6.45, 7) is 4.28. The normalized spacial score (nSPS) is 22.8. The quantitative estimate of drug-likeness (QED) is 0.789. The predicted octanol–water partition coefficient (Wildman–Crippen LogP) is 2.40. The Hall–Kier alpha value is -1.30. The Morgan fingerprint density at radius 2 is 2.29 bits per heavy atom. The van der Waals surface area contributed by atoms with Gasteiger partial charge in [0, 0.05) is 18.7 Å². The van der Waals surface area contributed by atoms with E-state index in [4.69, 9.17) is 9.47 Å². The predicted molar refractivity (Wildman–Crippen MR) is 96.1 cm³/mol. The van der Waals surface area contributed by atoms with Crippen molar-refractivity contribution in [2.24, 2.45) is 5.92 Å². The zero-order valence-corrected chi connectivity index (χ0v) is 14.8. The molecule has 2 N–H and O–H groups in total. The van der Waals surface area contributed by atoms with Crippen molar-refractivity contribution < 1.29 is 14.3 Å². The van der Waals surface area contributed by atoms with Crippen molar-refractivity contribution >= 4 is 18.3 Å². The monoisotopic (exact) mass is 354 g/mol. The molecule has 0 radical (unpaired) electrons. The van der Waals surface area contributed by atoms with Gasteiger partial charge in [0.25, 0.3) is 5.91 Å². The molecule has 6 heteroatoms. The summed E-state index contributed by atoms with van der Waals surface area (Å²) in [6.07, 6.45) is 4.59. The summed E-state index contributed by atoms with van der Waals surface area (Å²) >= 11 is 0. The minimum absolute atomic E-state index is 0. The highest BCUT2D eigenvalue weighted by Gasteiger charge is 2.17. The molecule has 0 saturated carbocycles. The number of halogens is 1. The molecule has 2 aliphatic heterocycles. The molecule has 0 spiro atoms. The Balaban J connectivity index is 0.00000208. The second-order valence-electron chi connectivity index (χ2n) is 6.38. The molecule has 2 fully saturated rings. The third-order valence-corrected chi connectivity index (χ3v) is 4.56. The van der Waals surface area contributed by atoms with Crippen LogP contribution in [0, 0.1) is 5.92 Å². The van der Waals surface area contributed by atoms with Crippen LogP contribution in [0.25, 0.3) is 0 Å². The first kappa shape index (κ1) is 19.0. The minimum atomic E-state index is -0.0291. The first-order valence-corrected chi connectivity index (χ1v) is 8.64. The molecule has 0 aromatic heterocycles. The van der Waals surface area contributed by atoms with Crippen LogP contribution in [0.5, 0.6) is 5.75 Å². The largest absolute Gasteiger partial charge is 0.491 e. The SMILES string of the molecule is Cl.O=C(NCCC1CCNC1)c1cccc(OCC2CCCO2)c1. The maximum atomic E-state index is 12.2. The molecular formula is C18H27ClN2O3. The van der Waals surface area contributed by atoms with Gasteiger partial charge in [0.1, 0.15) is 12.4 Å². The summed E-state index contributed by atoms with van der Waals surface area (Å²) in [5.41, 5.74) is 0.652. The summed E-state index contributed by atoms with van der Waals surface area (Å²) < 4.78 is 11.3. The lowest BCUT2D eigenvalue weighted by molar-refractivity contribution is 0.0679. The van der Waals surface area contributed by atoms with E-state index in [0.29, 0.717) is 18.1 Å². The number of amides is 1. The molecule has 134 valence electrons. The van der Waals surface area contributed by atoms with Crippen molar-refractivity contribution in [1.82, 2.24) is 10.6 Å². The van der Waals surface area contributed by atoms with Gasteiger partial charge in [-0.25, -0.2) is 0 Å². The zero-order chi connectivity index (χ0) is 15.9. The first-order chi connectivity index (χ1) is 11.3. The van der Waals surface area contributed by atoms with Crippen LogP contribution in [0.3, 0.4) is 0 Å². The van der Waals surface area contributed by atoms with Crippen LogP contribution in [0.2, 0.25) is 0 Å². The number of carbonyl (C=O) groups is 1. The number of hydrogen-bond acceptors (Lipinski definition) is 4. The molecule has 24 heavy (non-hydrogen) atoms. The average molecular weight is 355 g/mol. The lowest BCUT2D eigenvalue weighted by Crippen LogP contribution is -2.26. The van der Waals surface area contributed by atoms with E-state index in [1.54, 1.807) is 6.07 Å². The molecule has 2 heterocycles. The van der Waals surface area contributed by atoms with Crippen LogP contribution in [0.15, 0.2) is 24.3 Å². The van der Waals surface area contributed by atoms with Crippen molar-refractivity contribution in [1.29, 1.82) is 0 Å². The minimum Gasteiger partial charge on any atom is -0.491 e. The maximum absolute atomic E-state index is 12.2. The Kier molecular flexibility index (Phi) is 7.82. The fourth-order valence-corrected chi connectivity index (χ4v) is 3.14. The lowest BCUT2D eigenvalue weighted by atomic mass is 10.1. The van der Waals surface area contributed by atoms with Gasteiger partial charge in [-0.1, -0.05) is 6.07 Å². The molecule has 1 amide bonds. The van der Waals surface area contributed by atoms with Crippen LogP contribution in [0.1, 0.15) is 36.0 Å². The average Bonchev–Trinajstić information content (AvgIpc) is 3.27. The van der Waals surface area contributed by atoms with E-state index in [9.17, 15) is 4.79 Å². The van der Waals surface area contributed by atoms with Crippen molar-refractivity contribution in [2.75, 3.05) is 32.8 Å². The molecule has 1 aromatic carbocycles. The zero-order valence-electron chi connectivity index (χ0n) is 14.0. The maximum Gasteiger partial charge on any atom is 0.251 e. The molecule has 0 bridgehead atoms. The molecular weight excluding hydrogens is 328 g/mol. The van der Waals surface area contributed by atoms with E-state index in [1.807, 2.05) is 18.2 Å². The van der Waals surface area contributed by atoms with E-state index >= 15 is 0 Å². The third kappa shape index (κ3) is 5.65. The van der Waals surface area contributed by atoms with Crippen molar-refractivity contribution in [2.45, 2.75) is 31.8 Å². The number of rotatable bonds is 7. The van der Waals surface area contributed by atoms with E-state index in [2.05, 4.69) is 10.6 Å². The molecule has 1 aromatic rings. The van der Waals surface area contributed by atoms with Gasteiger partial charge in [0.05, 0.1) is 6.10 Å². The van der Waals surface area contributed by atoms with Crippen LogP contribution < -0.4 is 15.4 Å². The van der Waals surface area contributed by atoms with Gasteiger partial charge in [-0.2, -0.15) is 0 Å². The summed E-state index contributed by atoms with van der Waals surface area (Å²) in [6, 6.07) is 7.38. The van der Waals surface area contributed by atoms with Gasteiger partial charge >= 0.3 is 0 Å². The van der Waals surface area contributed by atoms with Gasteiger partial charge in [-0.3, -0.25) is 4.79 Å². The molecule has 2 aliphatic rings. The van der Waals surface area contributed by atoms with Gasteiger partial charge in [-0.05, 0) is 62.9 Å². The van der Waals surface area contributed by atoms with Gasteiger partial charge in [0.2, 0.25) is 0 Å². The van der Waals surface area contributed by atoms with E-state index in [0.717, 1.165) is 51.3 Å². The fraction of sp³-hybridized carbons (Fsp3) is 0.611. The summed E-state index contributed by atoms with van der Waals surface area (Å²) in [4.78, 5) is 12.2. The second kappa shape index (κ2) is 9.87. The fourth-order valence-electron chi connectivity index (χ4n) is 3.14. The highest BCUT2D eigenvalue weighted by atomic mass is 35.5. The van der Waals surface area contributed by atoms with Crippen molar-refractivity contribution in [3.05, 3.63) is 29.8 Å². The molecule has 0 aliphatic carbocycles. The van der Waals surface area contributed by atoms with Crippen LogP contribution in [0.4, 0.5) is 0 Å². The van der Waals surface area contributed by atoms with Crippen molar-refractivity contribution in [3.8, 4) is 5.75 Å².